The molecule has 0 bridgehead atoms. The Labute approximate surface area is 64.0 Å². The van der Waals surface area contributed by atoms with E-state index in [4.69, 9.17) is 5.26 Å². The Kier molecular flexibility index (Phi) is 1.16. The lowest BCUT2D eigenvalue weighted by atomic mass is 10.4. The van der Waals surface area contributed by atoms with Gasteiger partial charge < -0.3 is 0 Å². The quantitative estimate of drug-likeness (QED) is 0.503. The highest BCUT2D eigenvalue weighted by atomic mass is 15.4. The van der Waals surface area contributed by atoms with Crippen molar-refractivity contribution in [2.45, 2.75) is 6.67 Å². The number of rotatable bonds is 0. The van der Waals surface area contributed by atoms with Crippen LogP contribution in [0.1, 0.15) is 5.69 Å². The summed E-state index contributed by atoms with van der Waals surface area (Å²) < 4.78 is 1.77. The van der Waals surface area contributed by atoms with Gasteiger partial charge in [0.25, 0.3) is 0 Å². The molecular weight excluding hydrogens is 140 g/mol. The van der Waals surface area contributed by atoms with Crippen LogP contribution >= 0.6 is 0 Å². The highest BCUT2D eigenvalue weighted by Gasteiger charge is 2.07. The van der Waals surface area contributed by atoms with Gasteiger partial charge >= 0.3 is 0 Å². The van der Waals surface area contributed by atoms with Gasteiger partial charge in [0.2, 0.25) is 0 Å². The highest BCUT2D eigenvalue weighted by molar-refractivity contribution is 5.45. The number of fused-ring (bicyclic) bond motifs is 1. The normalized spacial score (nSPS) is 14.3. The van der Waals surface area contributed by atoms with Gasteiger partial charge in [0, 0.05) is 12.4 Å². The van der Waals surface area contributed by atoms with E-state index in [1.165, 1.54) is 4.90 Å². The second-order valence-corrected chi connectivity index (χ2v) is 2.28. The van der Waals surface area contributed by atoms with Crippen LogP contribution in [0.25, 0.3) is 6.08 Å². The van der Waals surface area contributed by atoms with Gasteiger partial charge in [0.05, 0.1) is 5.69 Å². The number of nitrogens with zero attached hydrogens (tertiary/aromatic N) is 4. The summed E-state index contributed by atoms with van der Waals surface area (Å²) in [4.78, 5) is 1.51. The molecule has 1 aliphatic heterocycles. The van der Waals surface area contributed by atoms with E-state index in [0.29, 0.717) is 6.67 Å². The van der Waals surface area contributed by atoms with Crippen molar-refractivity contribution in [1.82, 2.24) is 14.7 Å². The van der Waals surface area contributed by atoms with E-state index in [1.54, 1.807) is 17.1 Å². The molecular formula is C7H6N4. The summed E-state index contributed by atoms with van der Waals surface area (Å²) in [6.45, 7) is 0.523. The summed E-state index contributed by atoms with van der Waals surface area (Å²) in [5, 5.41) is 12.6. The Morgan fingerprint density at radius 3 is 3.36 bits per heavy atom. The Bertz CT molecular complexity index is 330. The van der Waals surface area contributed by atoms with E-state index < -0.39 is 0 Å². The fourth-order valence-corrected chi connectivity index (χ4v) is 1.03. The smallest absolute Gasteiger partial charge is 0.185 e. The zero-order valence-corrected chi connectivity index (χ0v) is 5.81. The van der Waals surface area contributed by atoms with Crippen LogP contribution in [0.4, 0.5) is 0 Å². The highest BCUT2D eigenvalue weighted by Crippen LogP contribution is 2.09. The van der Waals surface area contributed by atoms with Gasteiger partial charge in [-0.2, -0.15) is 10.4 Å². The molecule has 4 heteroatoms. The van der Waals surface area contributed by atoms with Gasteiger partial charge in [-0.25, -0.2) is 4.68 Å². The van der Waals surface area contributed by atoms with E-state index in [-0.39, 0.29) is 0 Å². The standard InChI is InChI=1S/C7H6N4/c8-5-10-4-2-7-1-3-9-11(7)6-10/h1-4H,6H2. The molecule has 0 N–H and O–H groups in total. The Morgan fingerprint density at radius 1 is 1.64 bits per heavy atom. The minimum absolute atomic E-state index is 0.523. The molecule has 0 atom stereocenters. The molecule has 1 aliphatic rings. The first kappa shape index (κ1) is 5.98. The topological polar surface area (TPSA) is 44.9 Å². The molecule has 4 nitrogen and oxygen atoms in total. The lowest BCUT2D eigenvalue weighted by Crippen LogP contribution is -2.20. The number of nitriles is 1. The summed E-state index contributed by atoms with van der Waals surface area (Å²) in [5.41, 5.74) is 1.04. The van der Waals surface area contributed by atoms with E-state index in [2.05, 4.69) is 5.10 Å². The summed E-state index contributed by atoms with van der Waals surface area (Å²) in [5.74, 6) is 0. The molecule has 0 fully saturated rings. The number of aromatic nitrogens is 2. The average molecular weight is 146 g/mol. The van der Waals surface area contributed by atoms with E-state index in [9.17, 15) is 0 Å². The molecule has 0 amide bonds. The number of hydrogen-bond donors (Lipinski definition) is 0. The molecule has 1 aromatic rings. The molecule has 0 aliphatic carbocycles. The van der Waals surface area contributed by atoms with Gasteiger partial charge in [-0.3, -0.25) is 4.90 Å². The van der Waals surface area contributed by atoms with Gasteiger partial charge in [-0.05, 0) is 12.1 Å². The van der Waals surface area contributed by atoms with Crippen LogP contribution in [0.15, 0.2) is 18.5 Å². The Hall–Kier alpha value is -1.76. The lowest BCUT2D eigenvalue weighted by molar-refractivity contribution is 0.379. The maximum absolute atomic E-state index is 8.54. The third kappa shape index (κ3) is 0.867. The molecule has 11 heavy (non-hydrogen) atoms. The molecule has 0 aromatic carbocycles. The van der Waals surface area contributed by atoms with Crippen molar-refractivity contribution < 1.29 is 0 Å². The number of hydrogen-bond acceptors (Lipinski definition) is 3. The van der Waals surface area contributed by atoms with Crippen LogP contribution in [0.3, 0.4) is 0 Å². The second kappa shape index (κ2) is 2.13. The average Bonchev–Trinajstić information content (AvgIpc) is 2.50. The summed E-state index contributed by atoms with van der Waals surface area (Å²) >= 11 is 0. The Balaban J connectivity index is 2.37. The SMILES string of the molecule is N#CN1C=Cc2ccnn2C1. The third-order valence-electron chi connectivity index (χ3n) is 1.59. The molecule has 0 saturated carbocycles. The molecule has 2 heterocycles. The van der Waals surface area contributed by atoms with Gasteiger partial charge in [0.15, 0.2) is 6.19 Å². The van der Waals surface area contributed by atoms with Gasteiger partial charge in [-0.1, -0.05) is 0 Å². The molecule has 0 saturated heterocycles. The molecule has 0 radical (unpaired) electrons. The van der Waals surface area contributed by atoms with Crippen LogP contribution < -0.4 is 0 Å². The first-order valence-electron chi connectivity index (χ1n) is 3.26. The molecule has 0 unspecified atom stereocenters. The predicted molar refractivity (Wildman–Crippen MR) is 38.7 cm³/mol. The van der Waals surface area contributed by atoms with Crippen LogP contribution in [-0.2, 0) is 6.67 Å². The van der Waals surface area contributed by atoms with E-state index in [0.717, 1.165) is 5.69 Å². The van der Waals surface area contributed by atoms with E-state index in [1.807, 2.05) is 18.3 Å². The molecule has 0 spiro atoms. The van der Waals surface area contributed by atoms with Crippen LogP contribution in [-0.4, -0.2) is 14.7 Å². The van der Waals surface area contributed by atoms with E-state index >= 15 is 0 Å². The summed E-state index contributed by atoms with van der Waals surface area (Å²) in [6, 6.07) is 1.91. The van der Waals surface area contributed by atoms with Crippen molar-refractivity contribution in [3.63, 3.8) is 0 Å². The predicted octanol–water partition coefficient (Wildman–Crippen LogP) is 0.608. The minimum Gasteiger partial charge on any atom is -0.266 e. The molecule has 2 rings (SSSR count). The monoisotopic (exact) mass is 146 g/mol. The van der Waals surface area contributed by atoms with Crippen molar-refractivity contribution in [3.8, 4) is 6.19 Å². The minimum atomic E-state index is 0.523. The van der Waals surface area contributed by atoms with Crippen molar-refractivity contribution in [2.24, 2.45) is 0 Å². The fraction of sp³-hybridized carbons (Fsp3) is 0.143. The van der Waals surface area contributed by atoms with Crippen molar-refractivity contribution >= 4 is 6.08 Å². The Morgan fingerprint density at radius 2 is 2.55 bits per heavy atom. The molecule has 1 aromatic heterocycles. The van der Waals surface area contributed by atoms with Gasteiger partial charge in [0.1, 0.15) is 6.67 Å². The van der Waals surface area contributed by atoms with Crippen LogP contribution in [0.5, 0.6) is 0 Å². The zero-order chi connectivity index (χ0) is 7.68. The summed E-state index contributed by atoms with van der Waals surface area (Å²) in [6.07, 6.45) is 7.35. The molecule has 54 valence electrons. The maximum atomic E-state index is 8.54. The van der Waals surface area contributed by atoms with Crippen molar-refractivity contribution in [2.75, 3.05) is 0 Å². The van der Waals surface area contributed by atoms with Crippen molar-refractivity contribution in [3.05, 3.63) is 24.2 Å². The fourth-order valence-electron chi connectivity index (χ4n) is 1.03. The van der Waals surface area contributed by atoms with Crippen LogP contribution in [0.2, 0.25) is 0 Å². The van der Waals surface area contributed by atoms with Crippen LogP contribution in [0, 0.1) is 11.5 Å². The first-order chi connectivity index (χ1) is 5.40. The summed E-state index contributed by atoms with van der Waals surface area (Å²) in [7, 11) is 0. The largest absolute Gasteiger partial charge is 0.266 e. The third-order valence-corrected chi connectivity index (χ3v) is 1.59. The second-order valence-electron chi connectivity index (χ2n) is 2.28. The first-order valence-corrected chi connectivity index (χ1v) is 3.26. The van der Waals surface area contributed by atoms with Crippen molar-refractivity contribution in [1.29, 1.82) is 5.26 Å². The lowest BCUT2D eigenvalue weighted by Gasteiger charge is -2.15. The zero-order valence-electron chi connectivity index (χ0n) is 5.81. The van der Waals surface area contributed by atoms with Gasteiger partial charge in [-0.15, -0.1) is 0 Å². The maximum Gasteiger partial charge on any atom is 0.185 e.